The van der Waals surface area contributed by atoms with E-state index in [4.69, 9.17) is 5.26 Å². The average Bonchev–Trinajstić information content (AvgIpc) is 2.71. The zero-order valence-electron chi connectivity index (χ0n) is 6.84. The minimum Gasteiger partial charge on any atom is -0.391 e. The third-order valence-corrected chi connectivity index (χ3v) is 2.73. The topological polar surface area (TPSA) is 73.0 Å². The molecule has 5 nitrogen and oxygen atoms in total. The molecular formula is C7H8N4OS. The van der Waals surface area contributed by atoms with Crippen LogP contribution < -0.4 is 4.90 Å². The first-order valence-corrected chi connectivity index (χ1v) is 4.74. The molecule has 0 saturated carbocycles. The summed E-state index contributed by atoms with van der Waals surface area (Å²) in [5.41, 5.74) is 0. The molecule has 1 atom stereocenters. The van der Waals surface area contributed by atoms with Gasteiger partial charge in [0.25, 0.3) is 0 Å². The molecule has 68 valence electrons. The number of aliphatic hydroxyl groups excluding tert-OH is 1. The van der Waals surface area contributed by atoms with Gasteiger partial charge in [-0.25, -0.2) is 0 Å². The van der Waals surface area contributed by atoms with E-state index in [2.05, 4.69) is 9.36 Å². The van der Waals surface area contributed by atoms with E-state index in [1.54, 1.807) is 0 Å². The third kappa shape index (κ3) is 1.61. The van der Waals surface area contributed by atoms with E-state index < -0.39 is 0 Å². The Morgan fingerprint density at radius 2 is 2.54 bits per heavy atom. The number of rotatable bonds is 1. The normalized spacial score (nSPS) is 21.8. The molecule has 13 heavy (non-hydrogen) atoms. The summed E-state index contributed by atoms with van der Waals surface area (Å²) in [6, 6.07) is 1.88. The molecule has 0 aliphatic carbocycles. The zero-order chi connectivity index (χ0) is 9.26. The maximum atomic E-state index is 9.27. The average molecular weight is 196 g/mol. The molecule has 2 rings (SSSR count). The monoisotopic (exact) mass is 196 g/mol. The van der Waals surface area contributed by atoms with Crippen molar-refractivity contribution in [3.05, 3.63) is 5.82 Å². The highest BCUT2D eigenvalue weighted by Gasteiger charge is 2.22. The standard InChI is InChI=1S/C7H8N4OS/c8-3-6-9-7(13-10-6)11-2-1-5(12)4-11/h5,12H,1-2,4H2. The van der Waals surface area contributed by atoms with E-state index in [9.17, 15) is 5.11 Å². The Morgan fingerprint density at radius 1 is 1.69 bits per heavy atom. The minimum atomic E-state index is -0.269. The lowest BCUT2D eigenvalue weighted by molar-refractivity contribution is 0.198. The summed E-state index contributed by atoms with van der Waals surface area (Å²) < 4.78 is 3.85. The molecule has 1 unspecified atom stereocenters. The molecule has 0 aromatic carbocycles. The molecule has 1 aromatic rings. The minimum absolute atomic E-state index is 0.210. The van der Waals surface area contributed by atoms with Gasteiger partial charge in [-0.2, -0.15) is 14.6 Å². The van der Waals surface area contributed by atoms with Gasteiger partial charge >= 0.3 is 0 Å². The van der Waals surface area contributed by atoms with Crippen LogP contribution in [0, 0.1) is 11.3 Å². The number of hydrogen-bond donors (Lipinski definition) is 1. The summed E-state index contributed by atoms with van der Waals surface area (Å²) >= 11 is 1.20. The summed E-state index contributed by atoms with van der Waals surface area (Å²) in [5.74, 6) is 0.210. The van der Waals surface area contributed by atoms with Crippen molar-refractivity contribution in [2.24, 2.45) is 0 Å². The van der Waals surface area contributed by atoms with Crippen LogP contribution in [0.5, 0.6) is 0 Å². The van der Waals surface area contributed by atoms with Crippen LogP contribution in [0.3, 0.4) is 0 Å². The lowest BCUT2D eigenvalue weighted by Gasteiger charge is -2.11. The van der Waals surface area contributed by atoms with Crippen LogP contribution in [0.2, 0.25) is 0 Å². The van der Waals surface area contributed by atoms with Gasteiger partial charge in [-0.15, -0.1) is 0 Å². The Morgan fingerprint density at radius 3 is 3.08 bits per heavy atom. The molecule has 0 spiro atoms. The number of nitrogens with zero attached hydrogens (tertiary/aromatic N) is 4. The maximum absolute atomic E-state index is 9.27. The number of nitriles is 1. The van der Waals surface area contributed by atoms with E-state index in [1.807, 2.05) is 11.0 Å². The smallest absolute Gasteiger partial charge is 0.245 e. The molecule has 1 aromatic heterocycles. The Hall–Kier alpha value is -1.19. The number of β-amino-alcohol motifs (C(OH)–C–C–N with tert-alkyl or cyclic N) is 1. The summed E-state index contributed by atoms with van der Waals surface area (Å²) in [6.45, 7) is 1.39. The Kier molecular flexibility index (Phi) is 2.12. The molecule has 0 amide bonds. The highest BCUT2D eigenvalue weighted by atomic mass is 32.1. The second-order valence-corrected chi connectivity index (χ2v) is 3.63. The predicted octanol–water partition coefficient (Wildman–Crippen LogP) is -0.0192. The Balaban J connectivity index is 2.13. The molecule has 0 radical (unpaired) electrons. The summed E-state index contributed by atoms with van der Waals surface area (Å²) in [5, 5.41) is 18.5. The fraction of sp³-hybridized carbons (Fsp3) is 0.571. The molecule has 0 bridgehead atoms. The van der Waals surface area contributed by atoms with Crippen LogP contribution in [0.25, 0.3) is 0 Å². The highest BCUT2D eigenvalue weighted by Crippen LogP contribution is 2.21. The van der Waals surface area contributed by atoms with Gasteiger partial charge in [-0.1, -0.05) is 0 Å². The van der Waals surface area contributed by atoms with Crippen molar-refractivity contribution in [1.29, 1.82) is 5.26 Å². The van der Waals surface area contributed by atoms with Gasteiger partial charge in [0.2, 0.25) is 11.0 Å². The predicted molar refractivity (Wildman–Crippen MR) is 47.5 cm³/mol. The number of aliphatic hydroxyl groups is 1. The van der Waals surface area contributed by atoms with Gasteiger partial charge < -0.3 is 10.0 Å². The van der Waals surface area contributed by atoms with Gasteiger partial charge in [-0.05, 0) is 6.42 Å². The summed E-state index contributed by atoms with van der Waals surface area (Å²) in [7, 11) is 0. The molecule has 1 aliphatic heterocycles. The molecule has 1 N–H and O–H groups in total. The molecule has 1 saturated heterocycles. The van der Waals surface area contributed by atoms with Crippen molar-refractivity contribution >= 4 is 16.7 Å². The number of hydrogen-bond acceptors (Lipinski definition) is 6. The SMILES string of the molecule is N#Cc1nsc(N2CCC(O)C2)n1. The first kappa shape index (κ1) is 8.41. The quantitative estimate of drug-likeness (QED) is 0.683. The van der Waals surface area contributed by atoms with Crippen LogP contribution in [-0.4, -0.2) is 33.7 Å². The Labute approximate surface area is 79.4 Å². The van der Waals surface area contributed by atoms with Crippen molar-refractivity contribution in [3.8, 4) is 6.07 Å². The second-order valence-electron chi connectivity index (χ2n) is 2.90. The van der Waals surface area contributed by atoms with Crippen molar-refractivity contribution < 1.29 is 5.11 Å². The lowest BCUT2D eigenvalue weighted by atomic mass is 10.3. The van der Waals surface area contributed by atoms with E-state index in [0.717, 1.165) is 18.1 Å². The largest absolute Gasteiger partial charge is 0.391 e. The maximum Gasteiger partial charge on any atom is 0.245 e. The van der Waals surface area contributed by atoms with E-state index in [1.165, 1.54) is 11.5 Å². The van der Waals surface area contributed by atoms with Crippen molar-refractivity contribution in [2.45, 2.75) is 12.5 Å². The van der Waals surface area contributed by atoms with E-state index in [0.29, 0.717) is 6.54 Å². The van der Waals surface area contributed by atoms with Crippen molar-refractivity contribution in [2.75, 3.05) is 18.0 Å². The first-order chi connectivity index (χ1) is 6.29. The Bertz CT molecular complexity index is 345. The molecule has 2 heterocycles. The fourth-order valence-corrected chi connectivity index (χ4v) is 1.96. The summed E-state index contributed by atoms with van der Waals surface area (Å²) in [4.78, 5) is 5.95. The molecule has 1 fully saturated rings. The second kappa shape index (κ2) is 3.28. The van der Waals surface area contributed by atoms with Crippen LogP contribution in [0.1, 0.15) is 12.2 Å². The van der Waals surface area contributed by atoms with Gasteiger partial charge in [0.05, 0.1) is 6.10 Å². The number of aromatic nitrogens is 2. The van der Waals surface area contributed by atoms with E-state index >= 15 is 0 Å². The van der Waals surface area contributed by atoms with Crippen molar-refractivity contribution in [1.82, 2.24) is 9.36 Å². The van der Waals surface area contributed by atoms with Crippen LogP contribution >= 0.6 is 11.5 Å². The van der Waals surface area contributed by atoms with Crippen LogP contribution in [0.15, 0.2) is 0 Å². The molecule has 6 heteroatoms. The van der Waals surface area contributed by atoms with Gasteiger partial charge in [0.15, 0.2) is 0 Å². The third-order valence-electron chi connectivity index (χ3n) is 1.95. The van der Waals surface area contributed by atoms with Crippen LogP contribution in [-0.2, 0) is 0 Å². The van der Waals surface area contributed by atoms with Gasteiger partial charge in [0, 0.05) is 24.6 Å². The number of anilines is 1. The molecule has 1 aliphatic rings. The zero-order valence-corrected chi connectivity index (χ0v) is 7.66. The van der Waals surface area contributed by atoms with Crippen molar-refractivity contribution in [3.63, 3.8) is 0 Å². The fourth-order valence-electron chi connectivity index (χ4n) is 1.30. The first-order valence-electron chi connectivity index (χ1n) is 3.96. The van der Waals surface area contributed by atoms with E-state index in [-0.39, 0.29) is 11.9 Å². The van der Waals surface area contributed by atoms with Gasteiger partial charge in [-0.3, -0.25) is 0 Å². The molecular weight excluding hydrogens is 188 g/mol. The van der Waals surface area contributed by atoms with Gasteiger partial charge in [0.1, 0.15) is 6.07 Å². The highest BCUT2D eigenvalue weighted by molar-refractivity contribution is 7.09. The lowest BCUT2D eigenvalue weighted by Crippen LogP contribution is -2.20. The van der Waals surface area contributed by atoms with Crippen LogP contribution in [0.4, 0.5) is 5.13 Å². The summed E-state index contributed by atoms with van der Waals surface area (Å²) in [6.07, 6.45) is 0.496.